The number of sulfonamides is 1. The summed E-state index contributed by atoms with van der Waals surface area (Å²) in [4.78, 5) is 6.85. The zero-order valence-corrected chi connectivity index (χ0v) is 13.7. The van der Waals surface area contributed by atoms with Gasteiger partial charge in [0.25, 0.3) is 0 Å². The lowest BCUT2D eigenvalue weighted by Gasteiger charge is -2.20. The Morgan fingerprint density at radius 2 is 2.05 bits per heavy atom. The van der Waals surface area contributed by atoms with Gasteiger partial charge in [-0.05, 0) is 31.5 Å². The average Bonchev–Trinajstić information content (AvgIpc) is 3.28. The van der Waals surface area contributed by atoms with E-state index in [0.717, 1.165) is 25.7 Å². The number of hydrogen-bond acceptors (Lipinski definition) is 5. The summed E-state index contributed by atoms with van der Waals surface area (Å²) in [6.07, 6.45) is 4.02. The highest BCUT2D eigenvalue weighted by Gasteiger charge is 2.27. The Hall–Kier alpha value is -1.18. The first kappa shape index (κ1) is 16.2. The van der Waals surface area contributed by atoms with Gasteiger partial charge in [-0.3, -0.25) is 4.90 Å². The van der Waals surface area contributed by atoms with Crippen LogP contribution in [0.5, 0.6) is 0 Å². The van der Waals surface area contributed by atoms with E-state index in [9.17, 15) is 8.42 Å². The van der Waals surface area contributed by atoms with Gasteiger partial charge in [-0.2, -0.15) is 0 Å². The molecule has 1 saturated carbocycles. The van der Waals surface area contributed by atoms with Crippen LogP contribution >= 0.6 is 0 Å². The number of nitrogens with zero attached hydrogens (tertiary/aromatic N) is 3. The Kier molecular flexibility index (Phi) is 5.18. The second-order valence-corrected chi connectivity index (χ2v) is 7.60. The van der Waals surface area contributed by atoms with Crippen LogP contribution in [0.4, 0.5) is 5.82 Å². The van der Waals surface area contributed by atoms with Crippen molar-refractivity contribution in [1.29, 1.82) is 0 Å². The van der Waals surface area contributed by atoms with E-state index in [4.69, 9.17) is 0 Å². The molecule has 0 saturated heterocycles. The van der Waals surface area contributed by atoms with Crippen molar-refractivity contribution in [2.24, 2.45) is 0 Å². The molecule has 0 unspecified atom stereocenters. The molecule has 2 rings (SSSR count). The minimum absolute atomic E-state index is 0.214. The van der Waals surface area contributed by atoms with Crippen molar-refractivity contribution in [3.8, 4) is 0 Å². The molecule has 0 amide bonds. The van der Waals surface area contributed by atoms with E-state index in [1.807, 2.05) is 0 Å². The molecule has 7 heteroatoms. The summed E-state index contributed by atoms with van der Waals surface area (Å²) < 4.78 is 25.0. The maximum Gasteiger partial charge on any atom is 0.244 e. The molecule has 1 aromatic heterocycles. The molecule has 1 fully saturated rings. The number of likely N-dealkylation sites (N-methyl/N-ethyl adjacent to an activating group) is 1. The molecule has 0 aromatic carbocycles. The van der Waals surface area contributed by atoms with Gasteiger partial charge >= 0.3 is 0 Å². The molecule has 0 atom stereocenters. The molecule has 0 bridgehead atoms. The van der Waals surface area contributed by atoms with Crippen LogP contribution in [0.1, 0.15) is 19.8 Å². The first-order valence-corrected chi connectivity index (χ1v) is 8.75. The number of pyridine rings is 1. The summed E-state index contributed by atoms with van der Waals surface area (Å²) in [5.41, 5.74) is 0. The average molecular weight is 312 g/mol. The van der Waals surface area contributed by atoms with Crippen molar-refractivity contribution in [2.45, 2.75) is 30.7 Å². The van der Waals surface area contributed by atoms with Gasteiger partial charge in [0, 0.05) is 39.4 Å². The van der Waals surface area contributed by atoms with E-state index in [1.54, 1.807) is 12.1 Å². The summed E-state index contributed by atoms with van der Waals surface area (Å²) in [5.74, 6) is 0.708. The number of hydrogen-bond donors (Lipinski definition) is 1. The van der Waals surface area contributed by atoms with E-state index in [0.29, 0.717) is 5.82 Å². The van der Waals surface area contributed by atoms with Crippen molar-refractivity contribution < 1.29 is 8.42 Å². The first-order valence-electron chi connectivity index (χ1n) is 7.31. The highest BCUT2D eigenvalue weighted by molar-refractivity contribution is 7.89. The van der Waals surface area contributed by atoms with Crippen LogP contribution in [-0.4, -0.2) is 62.4 Å². The van der Waals surface area contributed by atoms with E-state index < -0.39 is 10.0 Å². The molecule has 1 aliphatic rings. The topological polar surface area (TPSA) is 65.5 Å². The molecule has 1 aliphatic carbocycles. The standard InChI is InChI=1S/C14H24N4O2S/c1-4-18(12-5-6-12)10-9-15-14-8-7-13(11-16-14)21(19,20)17(2)3/h7-8,11-12H,4-6,9-10H2,1-3H3,(H,15,16). The second-order valence-electron chi connectivity index (χ2n) is 5.45. The first-order chi connectivity index (χ1) is 9.95. The zero-order valence-electron chi connectivity index (χ0n) is 12.9. The highest BCUT2D eigenvalue weighted by atomic mass is 32.2. The van der Waals surface area contributed by atoms with E-state index in [2.05, 4.69) is 22.1 Å². The van der Waals surface area contributed by atoms with Crippen molar-refractivity contribution >= 4 is 15.8 Å². The molecule has 1 aromatic rings. The van der Waals surface area contributed by atoms with Gasteiger partial charge < -0.3 is 5.32 Å². The largest absolute Gasteiger partial charge is 0.369 e. The summed E-state index contributed by atoms with van der Waals surface area (Å²) >= 11 is 0. The fourth-order valence-corrected chi connectivity index (χ4v) is 3.06. The molecule has 0 radical (unpaired) electrons. The molecule has 1 heterocycles. The van der Waals surface area contributed by atoms with E-state index in [1.165, 1.54) is 37.4 Å². The fraction of sp³-hybridized carbons (Fsp3) is 0.643. The summed E-state index contributed by atoms with van der Waals surface area (Å²) in [7, 11) is -0.374. The summed E-state index contributed by atoms with van der Waals surface area (Å²) in [5, 5.41) is 3.24. The van der Waals surface area contributed by atoms with Gasteiger partial charge in [0.15, 0.2) is 0 Å². The molecule has 21 heavy (non-hydrogen) atoms. The number of rotatable bonds is 8. The molecule has 118 valence electrons. The molecule has 1 N–H and O–H groups in total. The van der Waals surface area contributed by atoms with Gasteiger partial charge in [0.05, 0.1) is 0 Å². The van der Waals surface area contributed by atoms with Gasteiger partial charge in [-0.1, -0.05) is 6.92 Å². The summed E-state index contributed by atoms with van der Waals surface area (Å²) in [6.45, 7) is 5.05. The lowest BCUT2D eigenvalue weighted by molar-refractivity contribution is 0.289. The molecule has 0 aliphatic heterocycles. The Balaban J connectivity index is 1.88. The Bertz CT molecular complexity index is 553. The van der Waals surface area contributed by atoms with Crippen LogP contribution in [0.15, 0.2) is 23.2 Å². The van der Waals surface area contributed by atoms with Crippen LogP contribution in [0, 0.1) is 0 Å². The fourth-order valence-electron chi connectivity index (χ4n) is 2.21. The van der Waals surface area contributed by atoms with Gasteiger partial charge in [0.1, 0.15) is 10.7 Å². The summed E-state index contributed by atoms with van der Waals surface area (Å²) in [6, 6.07) is 4.06. The van der Waals surface area contributed by atoms with Crippen LogP contribution in [-0.2, 0) is 10.0 Å². The van der Waals surface area contributed by atoms with Crippen LogP contribution in [0.2, 0.25) is 0 Å². The van der Waals surface area contributed by atoms with Crippen LogP contribution in [0.3, 0.4) is 0 Å². The number of anilines is 1. The predicted molar refractivity (Wildman–Crippen MR) is 83.9 cm³/mol. The lowest BCUT2D eigenvalue weighted by atomic mass is 10.4. The second kappa shape index (κ2) is 6.72. The van der Waals surface area contributed by atoms with Crippen molar-refractivity contribution in [3.05, 3.63) is 18.3 Å². The van der Waals surface area contributed by atoms with Gasteiger partial charge in [-0.15, -0.1) is 0 Å². The molecular weight excluding hydrogens is 288 g/mol. The minimum Gasteiger partial charge on any atom is -0.369 e. The van der Waals surface area contributed by atoms with Crippen LogP contribution < -0.4 is 5.32 Å². The zero-order chi connectivity index (χ0) is 15.5. The third-order valence-corrected chi connectivity index (χ3v) is 5.49. The minimum atomic E-state index is -3.40. The van der Waals surface area contributed by atoms with Crippen molar-refractivity contribution in [2.75, 3.05) is 39.0 Å². The third kappa shape index (κ3) is 4.15. The quantitative estimate of drug-likeness (QED) is 0.782. The SMILES string of the molecule is CCN(CCNc1ccc(S(=O)(=O)N(C)C)cn1)C1CC1. The maximum absolute atomic E-state index is 11.9. The van der Waals surface area contributed by atoms with Crippen molar-refractivity contribution in [1.82, 2.24) is 14.2 Å². The number of nitrogens with one attached hydrogen (secondary N) is 1. The third-order valence-electron chi connectivity index (χ3n) is 3.69. The lowest BCUT2D eigenvalue weighted by Crippen LogP contribution is -2.31. The van der Waals surface area contributed by atoms with Gasteiger partial charge in [-0.25, -0.2) is 17.7 Å². The Morgan fingerprint density at radius 1 is 1.33 bits per heavy atom. The normalized spacial score (nSPS) is 15.7. The monoisotopic (exact) mass is 312 g/mol. The molecule has 0 spiro atoms. The smallest absolute Gasteiger partial charge is 0.244 e. The Labute approximate surface area is 127 Å². The van der Waals surface area contributed by atoms with Crippen molar-refractivity contribution in [3.63, 3.8) is 0 Å². The predicted octanol–water partition coefficient (Wildman–Crippen LogP) is 1.23. The highest BCUT2D eigenvalue weighted by Crippen LogP contribution is 2.26. The van der Waals surface area contributed by atoms with E-state index >= 15 is 0 Å². The maximum atomic E-state index is 11.9. The molecular formula is C14H24N4O2S. The van der Waals surface area contributed by atoms with Crippen LogP contribution in [0.25, 0.3) is 0 Å². The van der Waals surface area contributed by atoms with Gasteiger partial charge in [0.2, 0.25) is 10.0 Å². The number of aromatic nitrogens is 1. The Morgan fingerprint density at radius 3 is 2.52 bits per heavy atom. The van der Waals surface area contributed by atoms with E-state index in [-0.39, 0.29) is 4.90 Å². The molecule has 6 nitrogen and oxygen atoms in total.